The number of fused-ring (bicyclic) bond motifs is 1. The van der Waals surface area contributed by atoms with Crippen LogP contribution in [0.15, 0.2) is 12.4 Å². The Bertz CT molecular complexity index is 1040. The average molecular weight is 480 g/mol. The number of halogens is 3. The fraction of sp³-hybridized carbons (Fsp3) is 0.571. The fourth-order valence-electron chi connectivity index (χ4n) is 4.20. The lowest BCUT2D eigenvalue weighted by molar-refractivity contribution is -0.141. The Hall–Kier alpha value is -3.22. The summed E-state index contributed by atoms with van der Waals surface area (Å²) in [4.78, 5) is 30.6. The Balaban J connectivity index is 1.32. The topological polar surface area (TPSA) is 117 Å². The molecule has 34 heavy (non-hydrogen) atoms. The molecule has 1 amide bonds. The number of nitrogens with one attached hydrogen (secondary N) is 3. The number of anilines is 4. The van der Waals surface area contributed by atoms with E-state index in [9.17, 15) is 18.0 Å². The van der Waals surface area contributed by atoms with Crippen LogP contribution in [-0.4, -0.2) is 64.7 Å². The average Bonchev–Trinajstić information content (AvgIpc) is 2.75. The van der Waals surface area contributed by atoms with Crippen molar-refractivity contribution < 1.29 is 22.7 Å². The van der Waals surface area contributed by atoms with Gasteiger partial charge >= 0.3 is 6.18 Å². The van der Waals surface area contributed by atoms with Crippen molar-refractivity contribution in [3.05, 3.63) is 23.8 Å². The van der Waals surface area contributed by atoms with Crippen molar-refractivity contribution in [1.82, 2.24) is 19.9 Å². The fourth-order valence-corrected chi connectivity index (χ4v) is 4.20. The minimum absolute atomic E-state index is 0.163. The van der Waals surface area contributed by atoms with Gasteiger partial charge in [0.15, 0.2) is 11.5 Å². The molecular weight excluding hydrogens is 453 g/mol. The molecule has 1 aliphatic carbocycles. The van der Waals surface area contributed by atoms with E-state index >= 15 is 0 Å². The number of rotatable bonds is 7. The minimum atomic E-state index is -4.50. The van der Waals surface area contributed by atoms with Crippen molar-refractivity contribution in [2.75, 3.05) is 41.6 Å². The number of ether oxygens (including phenoxy) is 1. The first-order valence-electron chi connectivity index (χ1n) is 10.9. The molecule has 3 N–H and O–H groups in total. The molecule has 0 spiro atoms. The predicted octanol–water partition coefficient (Wildman–Crippen LogP) is 2.69. The Kier molecular flexibility index (Phi) is 6.47. The highest BCUT2D eigenvalue weighted by Crippen LogP contribution is 2.35. The van der Waals surface area contributed by atoms with E-state index in [1.165, 1.54) is 0 Å². The molecule has 4 rings (SSSR count). The van der Waals surface area contributed by atoms with Crippen molar-refractivity contribution in [1.29, 1.82) is 0 Å². The molecule has 0 aromatic carbocycles. The standard InChI is InChI=1S/C21H27F3N8O2/c1-10-16-18(32(3)17(11(2)34-4)19(33)30-16)31-20(28-10)29-13-5-12(6-13)7-26-15-9-25-14(8-27-15)21(22,23)24/h8-9,11-13,17H,5-7H2,1-4H3,(H,26,27)(H,30,33)(H,28,29,31)/t11?,12-,13+,17-/m0/s1. The number of nitrogens with zero attached hydrogens (tertiary/aromatic N) is 5. The minimum Gasteiger partial charge on any atom is -0.379 e. The molecular formula is C21H27F3N8O2. The van der Waals surface area contributed by atoms with Crippen molar-refractivity contribution in [2.24, 2.45) is 5.92 Å². The summed E-state index contributed by atoms with van der Waals surface area (Å²) in [5.74, 6) is 1.58. The number of aryl methyl sites for hydroxylation is 1. The number of alkyl halides is 3. The van der Waals surface area contributed by atoms with Crippen LogP contribution in [0.4, 0.5) is 36.4 Å². The highest BCUT2D eigenvalue weighted by atomic mass is 19.4. The SMILES string of the molecule is COC(C)[C@H]1C(=O)Nc2c(C)nc(N[C@H]3C[C@@H](CNc4cnc(C(F)(F)F)cn4)C3)nc2N1C. The third kappa shape index (κ3) is 4.83. The molecule has 2 aliphatic rings. The second-order valence-corrected chi connectivity index (χ2v) is 8.66. The summed E-state index contributed by atoms with van der Waals surface area (Å²) in [7, 11) is 3.37. The summed E-state index contributed by atoms with van der Waals surface area (Å²) in [6.07, 6.45) is -1.32. The van der Waals surface area contributed by atoms with Gasteiger partial charge in [-0.05, 0) is 32.6 Å². The zero-order valence-corrected chi connectivity index (χ0v) is 19.3. The first kappa shape index (κ1) is 23.9. The van der Waals surface area contributed by atoms with E-state index in [4.69, 9.17) is 4.74 Å². The maximum absolute atomic E-state index is 12.6. The van der Waals surface area contributed by atoms with E-state index in [0.717, 1.165) is 25.2 Å². The van der Waals surface area contributed by atoms with Gasteiger partial charge in [-0.1, -0.05) is 0 Å². The van der Waals surface area contributed by atoms with Gasteiger partial charge in [-0.25, -0.2) is 15.0 Å². The number of hydrogen-bond donors (Lipinski definition) is 3. The molecule has 1 fully saturated rings. The molecule has 1 aliphatic heterocycles. The van der Waals surface area contributed by atoms with Crippen LogP contribution in [0.3, 0.4) is 0 Å². The van der Waals surface area contributed by atoms with E-state index in [-0.39, 0.29) is 18.1 Å². The maximum atomic E-state index is 12.6. The van der Waals surface area contributed by atoms with Crippen LogP contribution in [0.25, 0.3) is 0 Å². The lowest BCUT2D eigenvalue weighted by Crippen LogP contribution is -2.53. The molecule has 0 radical (unpaired) electrons. The molecule has 2 aromatic heterocycles. The van der Waals surface area contributed by atoms with Gasteiger partial charge in [-0.3, -0.25) is 4.79 Å². The van der Waals surface area contributed by atoms with E-state index in [1.54, 1.807) is 12.0 Å². The Morgan fingerprint density at radius 2 is 2.00 bits per heavy atom. The van der Waals surface area contributed by atoms with Gasteiger partial charge in [-0.15, -0.1) is 0 Å². The molecule has 2 atom stereocenters. The Labute approximate surface area is 194 Å². The molecule has 1 unspecified atom stereocenters. The predicted molar refractivity (Wildman–Crippen MR) is 120 cm³/mol. The van der Waals surface area contributed by atoms with Gasteiger partial charge in [0.25, 0.3) is 0 Å². The quantitative estimate of drug-likeness (QED) is 0.550. The summed E-state index contributed by atoms with van der Waals surface area (Å²) in [5.41, 5.74) is 0.236. The lowest BCUT2D eigenvalue weighted by Gasteiger charge is -2.38. The summed E-state index contributed by atoms with van der Waals surface area (Å²) in [6, 6.07) is -0.341. The molecule has 2 aromatic rings. The van der Waals surface area contributed by atoms with Gasteiger partial charge in [0.2, 0.25) is 11.9 Å². The van der Waals surface area contributed by atoms with Gasteiger partial charge in [0.05, 0.1) is 24.2 Å². The molecule has 10 nitrogen and oxygen atoms in total. The number of methoxy groups -OCH3 is 1. The monoisotopic (exact) mass is 480 g/mol. The summed E-state index contributed by atoms with van der Waals surface area (Å²) in [6.45, 7) is 4.23. The van der Waals surface area contributed by atoms with Gasteiger partial charge in [0, 0.05) is 26.7 Å². The molecule has 0 saturated heterocycles. The van der Waals surface area contributed by atoms with Crippen LogP contribution in [0, 0.1) is 12.8 Å². The third-order valence-corrected chi connectivity index (χ3v) is 6.24. The second-order valence-electron chi connectivity index (χ2n) is 8.66. The largest absolute Gasteiger partial charge is 0.434 e. The number of hydrogen-bond acceptors (Lipinski definition) is 9. The summed E-state index contributed by atoms with van der Waals surface area (Å²) >= 11 is 0. The van der Waals surface area contributed by atoms with E-state index in [0.29, 0.717) is 41.4 Å². The molecule has 1 saturated carbocycles. The normalized spacial score (nSPS) is 23.0. The van der Waals surface area contributed by atoms with E-state index in [2.05, 4.69) is 35.9 Å². The Morgan fingerprint density at radius 1 is 1.26 bits per heavy atom. The smallest absolute Gasteiger partial charge is 0.379 e. The number of carbonyl (C=O) groups is 1. The van der Waals surface area contributed by atoms with Crippen molar-refractivity contribution in [3.63, 3.8) is 0 Å². The maximum Gasteiger partial charge on any atom is 0.434 e. The molecule has 0 bridgehead atoms. The number of carbonyl (C=O) groups excluding carboxylic acids is 1. The molecule has 184 valence electrons. The summed E-state index contributed by atoms with van der Waals surface area (Å²) < 4.78 is 43.1. The lowest BCUT2D eigenvalue weighted by atomic mass is 9.80. The van der Waals surface area contributed by atoms with Crippen molar-refractivity contribution in [3.8, 4) is 0 Å². The number of amides is 1. The van der Waals surface area contributed by atoms with Crippen molar-refractivity contribution in [2.45, 2.75) is 51.1 Å². The number of aromatic nitrogens is 4. The Morgan fingerprint density at radius 3 is 2.62 bits per heavy atom. The second kappa shape index (κ2) is 9.20. The van der Waals surface area contributed by atoms with Gasteiger partial charge in [0.1, 0.15) is 17.5 Å². The van der Waals surface area contributed by atoms with E-state index < -0.39 is 17.9 Å². The first-order valence-corrected chi connectivity index (χ1v) is 10.9. The van der Waals surface area contributed by atoms with Crippen LogP contribution in [-0.2, 0) is 15.7 Å². The zero-order valence-electron chi connectivity index (χ0n) is 19.3. The molecule has 3 heterocycles. The summed E-state index contributed by atoms with van der Waals surface area (Å²) in [5, 5.41) is 9.26. The number of likely N-dealkylation sites (N-methyl/N-ethyl adjacent to an activating group) is 1. The van der Waals surface area contributed by atoms with Crippen LogP contribution < -0.4 is 20.9 Å². The van der Waals surface area contributed by atoms with Crippen LogP contribution >= 0.6 is 0 Å². The zero-order chi connectivity index (χ0) is 24.6. The van der Waals surface area contributed by atoms with E-state index in [1.807, 2.05) is 20.9 Å². The van der Waals surface area contributed by atoms with Crippen molar-refractivity contribution >= 4 is 29.2 Å². The third-order valence-electron chi connectivity index (χ3n) is 6.24. The highest BCUT2D eigenvalue weighted by Gasteiger charge is 2.38. The molecule has 13 heteroatoms. The highest BCUT2D eigenvalue weighted by molar-refractivity contribution is 6.03. The first-order chi connectivity index (χ1) is 16.1. The van der Waals surface area contributed by atoms with Crippen LogP contribution in [0.1, 0.15) is 31.2 Å². The van der Waals surface area contributed by atoms with Gasteiger partial charge in [-0.2, -0.15) is 18.2 Å². The van der Waals surface area contributed by atoms with Crippen LogP contribution in [0.2, 0.25) is 0 Å². The van der Waals surface area contributed by atoms with Crippen LogP contribution in [0.5, 0.6) is 0 Å². The van der Waals surface area contributed by atoms with Gasteiger partial charge < -0.3 is 25.6 Å².